The lowest BCUT2D eigenvalue weighted by Gasteiger charge is -2.39. The molecule has 0 heterocycles. The van der Waals surface area contributed by atoms with E-state index < -0.39 is 16.9 Å². The van der Waals surface area contributed by atoms with Crippen LogP contribution in [-0.2, 0) is 4.79 Å². The van der Waals surface area contributed by atoms with Crippen LogP contribution in [0.15, 0.2) is 12.2 Å². The molecule has 0 saturated heterocycles. The Morgan fingerprint density at radius 1 is 1.17 bits per heavy atom. The molecule has 1 aliphatic carbocycles. The summed E-state index contributed by atoms with van der Waals surface area (Å²) in [5, 5.41) is 14.8. The molecule has 1 rings (SSSR count). The molecule has 0 radical (unpaired) electrons. The molecule has 0 atom stereocenters. The number of urea groups is 1. The quantitative estimate of drug-likeness (QED) is 0.670. The smallest absolute Gasteiger partial charge is 0.315 e. The van der Waals surface area contributed by atoms with Gasteiger partial charge in [0.05, 0.1) is 11.0 Å². The molecule has 18 heavy (non-hydrogen) atoms. The lowest BCUT2D eigenvalue weighted by Crippen LogP contribution is -2.59. The number of hydrogen-bond acceptors (Lipinski definition) is 2. The van der Waals surface area contributed by atoms with Crippen LogP contribution in [0.25, 0.3) is 0 Å². The number of hydrogen-bond donors (Lipinski definition) is 3. The van der Waals surface area contributed by atoms with Crippen LogP contribution in [0.4, 0.5) is 4.79 Å². The maximum absolute atomic E-state index is 11.8. The second-order valence-corrected chi connectivity index (χ2v) is 5.79. The number of carbonyl (C=O) groups excluding carboxylic acids is 1. The lowest BCUT2D eigenvalue weighted by atomic mass is 9.74. The molecular formula is C13H22N2O3. The summed E-state index contributed by atoms with van der Waals surface area (Å²) in [6.45, 7) is 6.64. The third-order valence-electron chi connectivity index (χ3n) is 3.87. The number of carboxylic acids is 1. The van der Waals surface area contributed by atoms with Gasteiger partial charge in [-0.2, -0.15) is 0 Å². The van der Waals surface area contributed by atoms with Gasteiger partial charge in [0.2, 0.25) is 0 Å². The van der Waals surface area contributed by atoms with Crippen molar-refractivity contribution >= 4 is 12.0 Å². The molecular weight excluding hydrogens is 232 g/mol. The zero-order valence-electron chi connectivity index (χ0n) is 11.4. The van der Waals surface area contributed by atoms with Crippen molar-refractivity contribution in [3.05, 3.63) is 12.2 Å². The lowest BCUT2D eigenvalue weighted by molar-refractivity contribution is -0.150. The monoisotopic (exact) mass is 254 g/mol. The van der Waals surface area contributed by atoms with Gasteiger partial charge in [-0.1, -0.05) is 12.2 Å². The summed E-state index contributed by atoms with van der Waals surface area (Å²) in [5.74, 6) is -0.935. The molecule has 0 spiro atoms. The van der Waals surface area contributed by atoms with Gasteiger partial charge in [0.25, 0.3) is 0 Å². The molecule has 0 saturated carbocycles. The summed E-state index contributed by atoms with van der Waals surface area (Å²) in [4.78, 5) is 23.1. The Bertz CT molecular complexity index is 364. The van der Waals surface area contributed by atoms with Crippen molar-refractivity contribution in [2.75, 3.05) is 0 Å². The number of nitrogens with one attached hydrogen (secondary N) is 2. The summed E-state index contributed by atoms with van der Waals surface area (Å²) < 4.78 is 0. The highest BCUT2D eigenvalue weighted by Crippen LogP contribution is 2.30. The van der Waals surface area contributed by atoms with Crippen LogP contribution in [0.3, 0.4) is 0 Å². The SMILES string of the molecule is CC(C)(NC(=O)NC1CC=CC1)C(C)(C)C(=O)O. The molecule has 102 valence electrons. The predicted octanol–water partition coefficient (Wildman–Crippen LogP) is 1.89. The maximum Gasteiger partial charge on any atom is 0.315 e. The van der Waals surface area contributed by atoms with Crippen LogP contribution in [0, 0.1) is 5.41 Å². The first-order valence-corrected chi connectivity index (χ1v) is 6.14. The third kappa shape index (κ3) is 3.03. The van der Waals surface area contributed by atoms with Crippen LogP contribution in [0.5, 0.6) is 0 Å². The van der Waals surface area contributed by atoms with E-state index in [0.717, 1.165) is 12.8 Å². The van der Waals surface area contributed by atoms with Gasteiger partial charge in [0.15, 0.2) is 0 Å². The molecule has 0 fully saturated rings. The second kappa shape index (κ2) is 5.00. The van der Waals surface area contributed by atoms with E-state index in [4.69, 9.17) is 0 Å². The molecule has 1 aliphatic rings. The number of amides is 2. The van der Waals surface area contributed by atoms with E-state index in [9.17, 15) is 14.7 Å². The largest absolute Gasteiger partial charge is 0.481 e. The maximum atomic E-state index is 11.8. The summed E-state index contributed by atoms with van der Waals surface area (Å²) in [6, 6.07) is -0.197. The number of aliphatic carboxylic acids is 1. The Balaban J connectivity index is 2.59. The fraction of sp³-hybridized carbons (Fsp3) is 0.692. The van der Waals surface area contributed by atoms with Gasteiger partial charge in [0, 0.05) is 6.04 Å². The van der Waals surface area contributed by atoms with Gasteiger partial charge in [-0.25, -0.2) is 4.79 Å². The van der Waals surface area contributed by atoms with Crippen molar-refractivity contribution in [2.24, 2.45) is 5.41 Å². The van der Waals surface area contributed by atoms with E-state index in [0.29, 0.717) is 0 Å². The van der Waals surface area contributed by atoms with Crippen LogP contribution >= 0.6 is 0 Å². The highest BCUT2D eigenvalue weighted by molar-refractivity contribution is 5.79. The predicted molar refractivity (Wildman–Crippen MR) is 69.3 cm³/mol. The molecule has 5 nitrogen and oxygen atoms in total. The van der Waals surface area contributed by atoms with Crippen LogP contribution in [0.2, 0.25) is 0 Å². The molecule has 2 amide bonds. The van der Waals surface area contributed by atoms with Crippen molar-refractivity contribution < 1.29 is 14.7 Å². The van der Waals surface area contributed by atoms with Crippen LogP contribution < -0.4 is 10.6 Å². The van der Waals surface area contributed by atoms with Gasteiger partial charge in [0.1, 0.15) is 0 Å². The van der Waals surface area contributed by atoms with Crippen molar-refractivity contribution in [2.45, 2.75) is 52.1 Å². The summed E-state index contributed by atoms with van der Waals surface area (Å²) in [6.07, 6.45) is 5.71. The Labute approximate surface area is 108 Å². The Hall–Kier alpha value is -1.52. The molecule has 0 aromatic heterocycles. The molecule has 0 bridgehead atoms. The summed E-state index contributed by atoms with van der Waals surface area (Å²) in [7, 11) is 0. The third-order valence-corrected chi connectivity index (χ3v) is 3.87. The first-order valence-electron chi connectivity index (χ1n) is 6.14. The molecule has 0 unspecified atom stereocenters. The first kappa shape index (κ1) is 14.5. The van der Waals surface area contributed by atoms with Gasteiger partial charge in [-0.3, -0.25) is 4.79 Å². The Morgan fingerprint density at radius 3 is 2.11 bits per heavy atom. The second-order valence-electron chi connectivity index (χ2n) is 5.79. The van der Waals surface area contributed by atoms with E-state index in [1.165, 1.54) is 0 Å². The normalized spacial score (nSPS) is 16.7. The fourth-order valence-corrected chi connectivity index (χ4v) is 1.66. The minimum absolute atomic E-state index is 0.119. The summed E-state index contributed by atoms with van der Waals surface area (Å²) >= 11 is 0. The van der Waals surface area contributed by atoms with E-state index in [1.807, 2.05) is 12.2 Å². The zero-order valence-corrected chi connectivity index (χ0v) is 11.4. The van der Waals surface area contributed by atoms with Crippen LogP contribution in [-0.4, -0.2) is 28.7 Å². The van der Waals surface area contributed by atoms with Gasteiger partial charge in [-0.05, 0) is 40.5 Å². The van der Waals surface area contributed by atoms with Crippen molar-refractivity contribution in [1.82, 2.24) is 10.6 Å². The standard InChI is InChI=1S/C13H22N2O3/c1-12(2,10(16)17)13(3,4)15-11(18)14-9-7-5-6-8-9/h5-6,9H,7-8H2,1-4H3,(H,16,17)(H2,14,15,18). The van der Waals surface area contributed by atoms with E-state index in [-0.39, 0.29) is 12.1 Å². The summed E-state index contributed by atoms with van der Waals surface area (Å²) in [5.41, 5.74) is -1.88. The Kier molecular flexibility index (Phi) is 4.04. The first-order chi connectivity index (χ1) is 8.17. The van der Waals surface area contributed by atoms with Gasteiger partial charge in [-0.15, -0.1) is 0 Å². The molecule has 0 aromatic rings. The number of carbonyl (C=O) groups is 2. The van der Waals surface area contributed by atoms with E-state index in [1.54, 1.807) is 27.7 Å². The van der Waals surface area contributed by atoms with Crippen molar-refractivity contribution in [3.63, 3.8) is 0 Å². The molecule has 5 heteroatoms. The fourth-order valence-electron chi connectivity index (χ4n) is 1.66. The molecule has 0 aliphatic heterocycles. The average molecular weight is 254 g/mol. The minimum Gasteiger partial charge on any atom is -0.481 e. The van der Waals surface area contributed by atoms with E-state index >= 15 is 0 Å². The molecule has 0 aromatic carbocycles. The Morgan fingerprint density at radius 2 is 1.67 bits per heavy atom. The van der Waals surface area contributed by atoms with E-state index in [2.05, 4.69) is 10.6 Å². The minimum atomic E-state index is -1.04. The van der Waals surface area contributed by atoms with Crippen molar-refractivity contribution in [3.8, 4) is 0 Å². The molecule has 3 N–H and O–H groups in total. The number of carboxylic acid groups (broad SMARTS) is 1. The van der Waals surface area contributed by atoms with Crippen molar-refractivity contribution in [1.29, 1.82) is 0 Å². The average Bonchev–Trinajstić information content (AvgIpc) is 2.68. The van der Waals surface area contributed by atoms with Crippen LogP contribution in [0.1, 0.15) is 40.5 Å². The highest BCUT2D eigenvalue weighted by atomic mass is 16.4. The topological polar surface area (TPSA) is 78.4 Å². The van der Waals surface area contributed by atoms with Gasteiger partial charge < -0.3 is 15.7 Å². The highest BCUT2D eigenvalue weighted by Gasteiger charge is 2.44. The van der Waals surface area contributed by atoms with Gasteiger partial charge >= 0.3 is 12.0 Å². The zero-order chi connectivity index (χ0) is 14.0. The number of rotatable bonds is 4.